The Morgan fingerprint density at radius 1 is 1.12 bits per heavy atom. The summed E-state index contributed by atoms with van der Waals surface area (Å²) < 4.78 is 16.0. The molecule has 0 radical (unpaired) electrons. The van der Waals surface area contributed by atoms with Gasteiger partial charge in [0.25, 0.3) is 0 Å². The van der Waals surface area contributed by atoms with E-state index in [1.165, 1.54) is 14.2 Å². The van der Waals surface area contributed by atoms with Crippen LogP contribution in [0.5, 0.6) is 0 Å². The maximum atomic E-state index is 13.1. The summed E-state index contributed by atoms with van der Waals surface area (Å²) in [6.45, 7) is 3.55. The van der Waals surface area contributed by atoms with Gasteiger partial charge < -0.3 is 14.2 Å². The molecule has 2 aliphatic rings. The fourth-order valence-electron chi connectivity index (χ4n) is 4.44. The van der Waals surface area contributed by atoms with E-state index in [0.717, 1.165) is 11.1 Å². The highest BCUT2D eigenvalue weighted by Crippen LogP contribution is 2.55. The van der Waals surface area contributed by atoms with E-state index >= 15 is 0 Å². The van der Waals surface area contributed by atoms with Gasteiger partial charge in [-0.25, -0.2) is 4.79 Å². The molecule has 0 saturated carbocycles. The van der Waals surface area contributed by atoms with Crippen molar-refractivity contribution in [2.75, 3.05) is 21.3 Å². The molecular weight excluding hydrogens is 334 g/mol. The summed E-state index contributed by atoms with van der Waals surface area (Å²) in [5.41, 5.74) is 2.23. The van der Waals surface area contributed by atoms with Gasteiger partial charge in [0.2, 0.25) is 0 Å². The molecule has 1 aliphatic carbocycles. The highest BCUT2D eigenvalue weighted by atomic mass is 16.5. The molecule has 3 rings (SSSR count). The van der Waals surface area contributed by atoms with Crippen molar-refractivity contribution in [1.29, 1.82) is 0 Å². The molecule has 138 valence electrons. The first-order valence-electron chi connectivity index (χ1n) is 8.47. The Bertz CT molecular complexity index is 825. The molecule has 1 aromatic carbocycles. The van der Waals surface area contributed by atoms with Crippen molar-refractivity contribution in [2.24, 2.45) is 10.4 Å². The molecule has 0 bridgehead atoms. The molecule has 0 amide bonds. The van der Waals surface area contributed by atoms with Crippen LogP contribution in [0.3, 0.4) is 0 Å². The Morgan fingerprint density at radius 3 is 2.42 bits per heavy atom. The number of hydrogen-bond donors (Lipinski definition) is 0. The number of methoxy groups -OCH3 is 3. The molecule has 0 aromatic heterocycles. The first kappa shape index (κ1) is 18.3. The molecule has 26 heavy (non-hydrogen) atoms. The van der Waals surface area contributed by atoms with Gasteiger partial charge in [-0.05, 0) is 25.0 Å². The fourth-order valence-corrected chi connectivity index (χ4v) is 4.44. The van der Waals surface area contributed by atoms with Gasteiger partial charge in [0, 0.05) is 30.9 Å². The van der Waals surface area contributed by atoms with Crippen LogP contribution in [0.15, 0.2) is 40.5 Å². The number of benzene rings is 1. The molecule has 3 atom stereocenters. The van der Waals surface area contributed by atoms with Crippen molar-refractivity contribution in [2.45, 2.75) is 32.3 Å². The normalized spacial score (nSPS) is 27.2. The Kier molecular flexibility index (Phi) is 4.71. The van der Waals surface area contributed by atoms with E-state index in [1.54, 1.807) is 21.0 Å². The van der Waals surface area contributed by atoms with Gasteiger partial charge in [0.1, 0.15) is 5.41 Å². The van der Waals surface area contributed by atoms with Crippen molar-refractivity contribution in [3.63, 3.8) is 0 Å². The fraction of sp³-hybridized carbons (Fsp3) is 0.450. The number of rotatable bonds is 3. The summed E-state index contributed by atoms with van der Waals surface area (Å²) >= 11 is 0. The highest BCUT2D eigenvalue weighted by molar-refractivity contribution is 6.12. The third-order valence-corrected chi connectivity index (χ3v) is 5.56. The lowest BCUT2D eigenvalue weighted by Gasteiger charge is -2.49. The van der Waals surface area contributed by atoms with Crippen LogP contribution in [0.2, 0.25) is 0 Å². The van der Waals surface area contributed by atoms with Crippen LogP contribution >= 0.6 is 0 Å². The highest BCUT2D eigenvalue weighted by Gasteiger charge is 2.62. The van der Waals surface area contributed by atoms with Crippen LogP contribution in [-0.4, -0.2) is 45.1 Å². The summed E-state index contributed by atoms with van der Waals surface area (Å²) in [5, 5.41) is 0. The van der Waals surface area contributed by atoms with Crippen LogP contribution in [0.4, 0.5) is 0 Å². The zero-order chi connectivity index (χ0) is 19.1. The Hall–Kier alpha value is -2.47. The molecule has 0 spiro atoms. The van der Waals surface area contributed by atoms with Gasteiger partial charge in [-0.15, -0.1) is 0 Å². The molecular formula is C20H23NO5. The average molecular weight is 357 g/mol. The molecule has 6 nitrogen and oxygen atoms in total. The third kappa shape index (κ3) is 2.32. The monoisotopic (exact) mass is 357 g/mol. The Morgan fingerprint density at radius 2 is 1.81 bits per heavy atom. The zero-order valence-electron chi connectivity index (χ0n) is 15.7. The molecule has 6 heteroatoms. The number of esters is 2. The largest absolute Gasteiger partial charge is 0.468 e. The van der Waals surface area contributed by atoms with E-state index in [2.05, 4.69) is 4.99 Å². The van der Waals surface area contributed by atoms with E-state index < -0.39 is 29.4 Å². The number of hydrogen-bond acceptors (Lipinski definition) is 6. The average Bonchev–Trinajstić information content (AvgIpc) is 2.66. The second-order valence-corrected chi connectivity index (χ2v) is 6.61. The maximum Gasteiger partial charge on any atom is 0.336 e. The van der Waals surface area contributed by atoms with E-state index in [0.29, 0.717) is 23.4 Å². The molecule has 1 aliphatic heterocycles. The lowest BCUT2D eigenvalue weighted by atomic mass is 9.56. The van der Waals surface area contributed by atoms with Gasteiger partial charge >= 0.3 is 11.9 Å². The smallest absolute Gasteiger partial charge is 0.336 e. The van der Waals surface area contributed by atoms with Crippen LogP contribution in [0.25, 0.3) is 0 Å². The van der Waals surface area contributed by atoms with Crippen LogP contribution in [0, 0.1) is 5.41 Å². The number of nitrogens with zero attached hydrogens (tertiary/aromatic N) is 1. The van der Waals surface area contributed by atoms with Gasteiger partial charge in [-0.3, -0.25) is 9.79 Å². The predicted octanol–water partition coefficient (Wildman–Crippen LogP) is 2.42. The van der Waals surface area contributed by atoms with Gasteiger partial charge in [-0.2, -0.15) is 0 Å². The molecule has 3 unspecified atom stereocenters. The molecule has 0 N–H and O–H groups in total. The van der Waals surface area contributed by atoms with E-state index in [1.807, 2.05) is 24.3 Å². The van der Waals surface area contributed by atoms with E-state index in [-0.39, 0.29) is 0 Å². The standard InChI is InChI=1S/C20H23NO5/c1-11-16(18(22)25-4)17-14-9-7-6-8-13(14)10-15(24-3)20(17,12(2)21-11)19(23)26-5/h6-9,15,17H,10H2,1-5H3. The van der Waals surface area contributed by atoms with Gasteiger partial charge in [0.05, 0.1) is 25.9 Å². The van der Waals surface area contributed by atoms with Gasteiger partial charge in [-0.1, -0.05) is 24.3 Å². The van der Waals surface area contributed by atoms with Crippen molar-refractivity contribution in [3.8, 4) is 0 Å². The Balaban J connectivity index is 2.40. The first-order valence-corrected chi connectivity index (χ1v) is 8.47. The SMILES string of the molecule is COC(=O)C1=C(C)N=C(C)C2(C(=O)OC)C(OC)Cc3ccccc3C12. The first-order chi connectivity index (χ1) is 12.4. The minimum Gasteiger partial charge on any atom is -0.468 e. The summed E-state index contributed by atoms with van der Waals surface area (Å²) in [5.74, 6) is -1.53. The van der Waals surface area contributed by atoms with Gasteiger partial charge in [0.15, 0.2) is 0 Å². The number of carbonyl (C=O) groups excluding carboxylic acids is 2. The van der Waals surface area contributed by atoms with E-state index in [9.17, 15) is 9.59 Å². The number of allylic oxidation sites excluding steroid dienone is 1. The second kappa shape index (κ2) is 6.68. The Labute approximate surface area is 152 Å². The second-order valence-electron chi connectivity index (χ2n) is 6.61. The lowest BCUT2D eigenvalue weighted by Crippen LogP contribution is -2.58. The number of aliphatic imine (C=N–C) groups is 1. The number of carbonyl (C=O) groups is 2. The van der Waals surface area contributed by atoms with Crippen LogP contribution in [0.1, 0.15) is 30.9 Å². The van der Waals surface area contributed by atoms with Crippen molar-refractivity contribution in [1.82, 2.24) is 0 Å². The summed E-state index contributed by atoms with van der Waals surface area (Å²) in [7, 11) is 4.24. The topological polar surface area (TPSA) is 74.2 Å². The molecule has 0 saturated heterocycles. The number of fused-ring (bicyclic) bond motifs is 3. The summed E-state index contributed by atoms with van der Waals surface area (Å²) in [4.78, 5) is 30.3. The van der Waals surface area contributed by atoms with Crippen LogP contribution < -0.4 is 0 Å². The van der Waals surface area contributed by atoms with Crippen LogP contribution in [-0.2, 0) is 30.2 Å². The summed E-state index contributed by atoms with van der Waals surface area (Å²) in [6.07, 6.45) is 0.0184. The van der Waals surface area contributed by atoms with E-state index in [4.69, 9.17) is 14.2 Å². The quantitative estimate of drug-likeness (QED) is 0.777. The maximum absolute atomic E-state index is 13.1. The third-order valence-electron chi connectivity index (χ3n) is 5.56. The summed E-state index contributed by atoms with van der Waals surface area (Å²) in [6, 6.07) is 7.78. The van der Waals surface area contributed by atoms with Crippen molar-refractivity contribution >= 4 is 17.7 Å². The molecule has 1 aromatic rings. The molecule has 0 fully saturated rings. The zero-order valence-corrected chi connectivity index (χ0v) is 15.7. The lowest BCUT2D eigenvalue weighted by molar-refractivity contribution is -0.158. The van der Waals surface area contributed by atoms with Crippen molar-refractivity contribution in [3.05, 3.63) is 46.7 Å². The predicted molar refractivity (Wildman–Crippen MR) is 96.0 cm³/mol. The number of ether oxygens (including phenoxy) is 3. The van der Waals surface area contributed by atoms with Crippen molar-refractivity contribution < 1.29 is 23.8 Å². The minimum absolute atomic E-state index is 0.373. The molecule has 1 heterocycles. The minimum atomic E-state index is -1.21.